The van der Waals surface area contributed by atoms with Crippen LogP contribution in [0.2, 0.25) is 0 Å². The average Bonchev–Trinajstić information content (AvgIpc) is 2.73. The number of hydrogen-bond acceptors (Lipinski definition) is 7. The van der Waals surface area contributed by atoms with E-state index >= 15 is 0 Å². The molecular weight excluding hydrogens is 425 g/mol. The summed E-state index contributed by atoms with van der Waals surface area (Å²) in [4.78, 5) is 16.5. The van der Waals surface area contributed by atoms with Crippen molar-refractivity contribution in [2.45, 2.75) is 75.5 Å². The summed E-state index contributed by atoms with van der Waals surface area (Å²) in [6, 6.07) is 2.65. The van der Waals surface area contributed by atoms with Crippen LogP contribution in [0.3, 0.4) is 0 Å². The molecule has 4 atom stereocenters. The van der Waals surface area contributed by atoms with E-state index in [4.69, 9.17) is 20.4 Å². The van der Waals surface area contributed by atoms with Gasteiger partial charge in [-0.15, -0.1) is 0 Å². The SMILES string of the molecule is C1CC[C@H]2NCCN[C@@H]3CCCC[C@H]3NCCNCCN[C@@H]2C1.[Mn].[N-]=C=O.[N-]=C=O. The van der Waals surface area contributed by atoms with Crippen LogP contribution in [0.5, 0.6) is 0 Å². The van der Waals surface area contributed by atoms with Crippen LogP contribution in [0.15, 0.2) is 0 Å². The first-order chi connectivity index (χ1) is 14.3. The van der Waals surface area contributed by atoms with Crippen LogP contribution in [0, 0.1) is 0 Å². The second-order valence-electron chi connectivity index (χ2n) is 7.74. The first-order valence-electron chi connectivity index (χ1n) is 10.9. The van der Waals surface area contributed by atoms with Crippen LogP contribution in [0.25, 0.3) is 10.8 Å². The molecule has 3 aliphatic rings. The molecule has 5 N–H and O–H groups in total. The molecule has 30 heavy (non-hydrogen) atoms. The van der Waals surface area contributed by atoms with Gasteiger partial charge in [0, 0.05) is 80.5 Å². The van der Waals surface area contributed by atoms with Crippen molar-refractivity contribution in [1.82, 2.24) is 26.6 Å². The maximum absolute atomic E-state index is 8.24. The Morgan fingerprint density at radius 1 is 0.533 bits per heavy atom. The maximum Gasteiger partial charge on any atom is 0.0221 e. The van der Waals surface area contributed by atoms with E-state index in [1.165, 1.54) is 51.4 Å². The fraction of sp³-hybridized carbons (Fsp3) is 0.900. The minimum atomic E-state index is 0. The molecule has 3 rings (SSSR count). The zero-order valence-electron chi connectivity index (χ0n) is 17.8. The third-order valence-electron chi connectivity index (χ3n) is 5.89. The first kappa shape index (κ1) is 29.1. The molecule has 9 nitrogen and oxygen atoms in total. The molecule has 0 aromatic rings. The Bertz CT molecular complexity index is 444. The number of nitrogens with zero attached hydrogens (tertiary/aromatic N) is 2. The molecule has 1 aliphatic heterocycles. The van der Waals surface area contributed by atoms with E-state index in [9.17, 15) is 0 Å². The molecule has 0 aromatic carbocycles. The molecule has 2 saturated carbocycles. The zero-order valence-corrected chi connectivity index (χ0v) is 19.0. The fourth-order valence-corrected chi connectivity index (χ4v) is 4.57. The third-order valence-corrected chi connectivity index (χ3v) is 5.89. The summed E-state index contributed by atoms with van der Waals surface area (Å²) in [5.74, 6) is 0. The van der Waals surface area contributed by atoms with Gasteiger partial charge in [0.2, 0.25) is 0 Å². The quantitative estimate of drug-likeness (QED) is 0.199. The van der Waals surface area contributed by atoms with E-state index in [2.05, 4.69) is 26.6 Å². The Kier molecular flexibility index (Phi) is 19.4. The molecular formula is C20H37MnN7O2-2. The molecule has 0 spiro atoms. The van der Waals surface area contributed by atoms with Crippen LogP contribution < -0.4 is 26.6 Å². The summed E-state index contributed by atoms with van der Waals surface area (Å²) >= 11 is 0. The normalized spacial score (nSPS) is 30.1. The Labute approximate surface area is 191 Å². The summed E-state index contributed by atoms with van der Waals surface area (Å²) in [6.45, 7) is 6.55. The number of carbonyl (C=O) groups excluding carboxylic acids is 2. The van der Waals surface area contributed by atoms with Crippen LogP contribution in [-0.2, 0) is 26.7 Å². The van der Waals surface area contributed by atoms with E-state index < -0.39 is 0 Å². The van der Waals surface area contributed by atoms with Gasteiger partial charge in [0.05, 0.1) is 0 Å². The van der Waals surface area contributed by atoms with Crippen molar-refractivity contribution in [2.24, 2.45) is 0 Å². The Morgan fingerprint density at radius 3 is 1.03 bits per heavy atom. The summed E-state index contributed by atoms with van der Waals surface area (Å²) < 4.78 is 0. The van der Waals surface area contributed by atoms with Crippen molar-refractivity contribution in [3.63, 3.8) is 0 Å². The third kappa shape index (κ3) is 12.7. The van der Waals surface area contributed by atoms with Gasteiger partial charge >= 0.3 is 0 Å². The summed E-state index contributed by atoms with van der Waals surface area (Å²) in [6.07, 6.45) is 11.9. The van der Waals surface area contributed by atoms with Crippen molar-refractivity contribution in [3.8, 4) is 0 Å². The first-order valence-corrected chi connectivity index (χ1v) is 10.9. The Hall–Kier alpha value is -0.921. The number of nitrogens with one attached hydrogen (secondary N) is 5. The van der Waals surface area contributed by atoms with Crippen molar-refractivity contribution in [2.75, 3.05) is 39.3 Å². The minimum Gasteiger partial charge on any atom is -0.724 e. The monoisotopic (exact) mass is 462 g/mol. The van der Waals surface area contributed by atoms with Gasteiger partial charge in [-0.1, -0.05) is 25.7 Å². The van der Waals surface area contributed by atoms with E-state index in [0.29, 0.717) is 36.3 Å². The second kappa shape index (κ2) is 20.0. The topological polar surface area (TPSA) is 139 Å². The maximum atomic E-state index is 8.24. The number of fused-ring (bicyclic) bond motifs is 2. The molecule has 1 heterocycles. The standard InChI is InChI=1S/C18H37N5.2CNO.Mn/c1-3-7-17-15(5-1)20-11-9-19-10-12-21-16-6-2-4-8-18(16)23-14-13-22-17;2*2-1-3;/h15-23H,1-14H2;;;/q;2*-1;/t15-,16-,17-,18-;;;/m1.../s1. The van der Waals surface area contributed by atoms with Crippen molar-refractivity contribution < 1.29 is 26.7 Å². The van der Waals surface area contributed by atoms with Crippen molar-refractivity contribution in [1.29, 1.82) is 0 Å². The van der Waals surface area contributed by atoms with E-state index in [1.54, 1.807) is 0 Å². The molecule has 173 valence electrons. The Morgan fingerprint density at radius 2 is 0.767 bits per heavy atom. The number of isocyanates is 2. The van der Waals surface area contributed by atoms with Gasteiger partial charge in [0.1, 0.15) is 0 Å². The molecule has 2 aliphatic carbocycles. The van der Waals surface area contributed by atoms with Gasteiger partial charge < -0.3 is 37.4 Å². The molecule has 0 amide bonds. The van der Waals surface area contributed by atoms with Crippen LogP contribution >= 0.6 is 0 Å². The van der Waals surface area contributed by atoms with Crippen LogP contribution in [0.4, 0.5) is 0 Å². The summed E-state index contributed by atoms with van der Waals surface area (Å²) in [5.41, 5.74) is 0. The Balaban J connectivity index is 0.00000108. The average molecular weight is 463 g/mol. The summed E-state index contributed by atoms with van der Waals surface area (Å²) in [5, 5.41) is 32.3. The van der Waals surface area contributed by atoms with Crippen molar-refractivity contribution >= 4 is 12.2 Å². The summed E-state index contributed by atoms with van der Waals surface area (Å²) in [7, 11) is 0. The predicted octanol–water partition coefficient (Wildman–Crippen LogP) is 0.351. The van der Waals surface area contributed by atoms with Gasteiger partial charge in [-0.25, -0.2) is 0 Å². The zero-order chi connectivity index (χ0) is 21.2. The van der Waals surface area contributed by atoms with Gasteiger partial charge in [0.15, 0.2) is 0 Å². The van der Waals surface area contributed by atoms with Gasteiger partial charge in [-0.05, 0) is 37.8 Å². The van der Waals surface area contributed by atoms with Crippen molar-refractivity contribution in [3.05, 3.63) is 10.8 Å². The number of hydrogen-bond donors (Lipinski definition) is 5. The largest absolute Gasteiger partial charge is 0.724 e. The minimum absolute atomic E-state index is 0. The predicted molar refractivity (Wildman–Crippen MR) is 115 cm³/mol. The van der Waals surface area contributed by atoms with Crippen LogP contribution in [0.1, 0.15) is 51.4 Å². The van der Waals surface area contributed by atoms with Crippen LogP contribution in [-0.4, -0.2) is 75.6 Å². The molecule has 0 bridgehead atoms. The second-order valence-corrected chi connectivity index (χ2v) is 7.74. The molecule has 3 fully saturated rings. The van der Waals surface area contributed by atoms with E-state index in [0.717, 1.165) is 39.3 Å². The number of rotatable bonds is 0. The molecule has 10 heteroatoms. The molecule has 0 aromatic heterocycles. The van der Waals surface area contributed by atoms with Gasteiger partial charge in [-0.3, -0.25) is 9.59 Å². The van der Waals surface area contributed by atoms with Gasteiger partial charge in [-0.2, -0.15) is 0 Å². The van der Waals surface area contributed by atoms with Gasteiger partial charge in [0.25, 0.3) is 0 Å². The smallest absolute Gasteiger partial charge is 0.0221 e. The molecule has 1 saturated heterocycles. The van der Waals surface area contributed by atoms with E-state index in [1.807, 2.05) is 0 Å². The fourth-order valence-electron chi connectivity index (χ4n) is 4.57. The molecule has 1 radical (unpaired) electrons. The van der Waals surface area contributed by atoms with E-state index in [-0.39, 0.29) is 17.1 Å². The molecule has 0 unspecified atom stereocenters.